The van der Waals surface area contributed by atoms with Crippen LogP contribution in [-0.2, 0) is 0 Å². The van der Waals surface area contributed by atoms with E-state index in [0.717, 1.165) is 5.69 Å². The lowest BCUT2D eigenvalue weighted by Crippen LogP contribution is -2.02. The summed E-state index contributed by atoms with van der Waals surface area (Å²) >= 11 is 0. The molecule has 0 fully saturated rings. The number of carbonyl (C=O) groups is 1. The van der Waals surface area contributed by atoms with Crippen molar-refractivity contribution in [2.75, 3.05) is 0 Å². The van der Waals surface area contributed by atoms with Gasteiger partial charge in [-0.25, -0.2) is 9.78 Å². The van der Waals surface area contributed by atoms with Crippen LogP contribution in [0.5, 0.6) is 11.8 Å². The van der Waals surface area contributed by atoms with E-state index in [9.17, 15) is 4.79 Å². The van der Waals surface area contributed by atoms with Crippen molar-refractivity contribution in [1.82, 2.24) is 15.2 Å². The molecule has 6 heteroatoms. The van der Waals surface area contributed by atoms with E-state index in [2.05, 4.69) is 15.2 Å². The summed E-state index contributed by atoms with van der Waals surface area (Å²) in [6.07, 6.45) is 0. The summed E-state index contributed by atoms with van der Waals surface area (Å²) in [7, 11) is 0. The summed E-state index contributed by atoms with van der Waals surface area (Å²) in [5, 5.41) is 15.5. The zero-order valence-electron chi connectivity index (χ0n) is 9.39. The van der Waals surface area contributed by atoms with Crippen LogP contribution in [0.2, 0.25) is 0 Å². The van der Waals surface area contributed by atoms with Crippen LogP contribution >= 0.6 is 0 Å². The molecule has 0 aliphatic rings. The number of pyridine rings is 1. The number of H-pyrrole nitrogens is 1. The Morgan fingerprint density at radius 1 is 1.35 bits per heavy atom. The Hall–Kier alpha value is -2.37. The average Bonchev–Trinajstić information content (AvgIpc) is 2.63. The first kappa shape index (κ1) is 11.1. The van der Waals surface area contributed by atoms with Crippen LogP contribution in [-0.4, -0.2) is 26.3 Å². The summed E-state index contributed by atoms with van der Waals surface area (Å²) in [5.41, 5.74) is 1.44. The van der Waals surface area contributed by atoms with Crippen molar-refractivity contribution < 1.29 is 14.6 Å². The number of carboxylic acids is 1. The molecule has 2 aromatic rings. The zero-order chi connectivity index (χ0) is 12.4. The van der Waals surface area contributed by atoms with Crippen LogP contribution < -0.4 is 4.74 Å². The minimum absolute atomic E-state index is 0.163. The number of carboxylic acid groups (broad SMARTS) is 1. The van der Waals surface area contributed by atoms with Gasteiger partial charge in [0, 0.05) is 17.8 Å². The number of aromatic carboxylic acids is 1. The third-order valence-electron chi connectivity index (χ3n) is 2.18. The minimum Gasteiger partial charge on any atom is -0.478 e. The van der Waals surface area contributed by atoms with Crippen LogP contribution in [0.3, 0.4) is 0 Å². The molecule has 0 amide bonds. The Kier molecular flexibility index (Phi) is 2.78. The first-order valence-electron chi connectivity index (χ1n) is 4.97. The second kappa shape index (κ2) is 4.25. The van der Waals surface area contributed by atoms with Gasteiger partial charge in [0.1, 0.15) is 0 Å². The second-order valence-electron chi connectivity index (χ2n) is 3.58. The third-order valence-corrected chi connectivity index (χ3v) is 2.18. The van der Waals surface area contributed by atoms with Crippen molar-refractivity contribution in [2.45, 2.75) is 13.8 Å². The summed E-state index contributed by atoms with van der Waals surface area (Å²) in [4.78, 5) is 14.8. The first-order valence-corrected chi connectivity index (χ1v) is 4.97. The van der Waals surface area contributed by atoms with Gasteiger partial charge in [-0.3, -0.25) is 5.10 Å². The predicted octanol–water partition coefficient (Wildman–Crippen LogP) is 1.91. The van der Waals surface area contributed by atoms with Crippen LogP contribution in [0.25, 0.3) is 0 Å². The Balaban J connectivity index is 2.23. The van der Waals surface area contributed by atoms with E-state index in [-0.39, 0.29) is 5.56 Å². The topological polar surface area (TPSA) is 88.1 Å². The molecule has 0 saturated carbocycles. The monoisotopic (exact) mass is 233 g/mol. The Bertz CT molecular complexity index is 563. The lowest BCUT2D eigenvalue weighted by atomic mass is 10.2. The molecule has 2 aromatic heterocycles. The standard InChI is InChI=1S/C11H11N3O3/c1-6-5-10(14-13-6)17-9-4-3-8(11(15)16)7(2)12-9/h3-5H,1-2H3,(H,13,14)(H,15,16). The van der Waals surface area contributed by atoms with Gasteiger partial charge in [0.05, 0.1) is 11.3 Å². The predicted molar refractivity (Wildman–Crippen MR) is 59.3 cm³/mol. The van der Waals surface area contributed by atoms with Gasteiger partial charge in [0.2, 0.25) is 11.8 Å². The number of hydrogen-bond acceptors (Lipinski definition) is 4. The highest BCUT2D eigenvalue weighted by molar-refractivity contribution is 5.88. The molecule has 0 spiro atoms. The second-order valence-corrected chi connectivity index (χ2v) is 3.58. The Morgan fingerprint density at radius 2 is 2.12 bits per heavy atom. The quantitative estimate of drug-likeness (QED) is 0.845. The molecular weight excluding hydrogens is 222 g/mol. The molecule has 0 aliphatic heterocycles. The molecule has 2 N–H and O–H groups in total. The number of aryl methyl sites for hydroxylation is 2. The highest BCUT2D eigenvalue weighted by Crippen LogP contribution is 2.19. The molecule has 0 aliphatic carbocycles. The fraction of sp³-hybridized carbons (Fsp3) is 0.182. The highest BCUT2D eigenvalue weighted by Gasteiger charge is 2.10. The lowest BCUT2D eigenvalue weighted by Gasteiger charge is -2.03. The SMILES string of the molecule is Cc1cc(Oc2ccc(C(=O)O)c(C)n2)n[nH]1. The summed E-state index contributed by atoms with van der Waals surface area (Å²) in [6, 6.07) is 4.68. The molecule has 2 heterocycles. The van der Waals surface area contributed by atoms with Crippen molar-refractivity contribution in [3.05, 3.63) is 35.2 Å². The van der Waals surface area contributed by atoms with Crippen LogP contribution in [0.1, 0.15) is 21.7 Å². The van der Waals surface area contributed by atoms with Crippen LogP contribution in [0.4, 0.5) is 0 Å². The van der Waals surface area contributed by atoms with E-state index < -0.39 is 5.97 Å². The number of hydrogen-bond donors (Lipinski definition) is 2. The largest absolute Gasteiger partial charge is 0.478 e. The Labute approximate surface area is 97.3 Å². The molecule has 0 unspecified atom stereocenters. The van der Waals surface area contributed by atoms with Crippen molar-refractivity contribution in [3.63, 3.8) is 0 Å². The molecule has 0 aromatic carbocycles. The van der Waals surface area contributed by atoms with E-state index in [0.29, 0.717) is 17.5 Å². The fourth-order valence-electron chi connectivity index (χ4n) is 1.37. The van der Waals surface area contributed by atoms with E-state index in [1.807, 2.05) is 6.92 Å². The number of nitrogens with one attached hydrogen (secondary N) is 1. The van der Waals surface area contributed by atoms with Gasteiger partial charge >= 0.3 is 5.97 Å². The molecule has 0 atom stereocenters. The van der Waals surface area contributed by atoms with Crippen molar-refractivity contribution in [2.24, 2.45) is 0 Å². The summed E-state index contributed by atoms with van der Waals surface area (Å²) in [5.74, 6) is -0.284. The normalized spacial score (nSPS) is 10.2. The van der Waals surface area contributed by atoms with Crippen molar-refractivity contribution in [3.8, 4) is 11.8 Å². The van der Waals surface area contributed by atoms with E-state index in [4.69, 9.17) is 9.84 Å². The van der Waals surface area contributed by atoms with Gasteiger partial charge in [0.15, 0.2) is 0 Å². The van der Waals surface area contributed by atoms with Crippen molar-refractivity contribution in [1.29, 1.82) is 0 Å². The molecule has 6 nitrogen and oxygen atoms in total. The molecule has 0 saturated heterocycles. The summed E-state index contributed by atoms with van der Waals surface area (Å²) < 4.78 is 5.37. The molecule has 0 radical (unpaired) electrons. The maximum atomic E-state index is 10.8. The fourth-order valence-corrected chi connectivity index (χ4v) is 1.37. The van der Waals surface area contributed by atoms with Crippen molar-refractivity contribution >= 4 is 5.97 Å². The van der Waals surface area contributed by atoms with Gasteiger partial charge in [-0.05, 0) is 19.9 Å². The molecular formula is C11H11N3O3. The number of aromatic amines is 1. The smallest absolute Gasteiger partial charge is 0.337 e. The number of aromatic nitrogens is 3. The van der Waals surface area contributed by atoms with Crippen LogP contribution in [0.15, 0.2) is 18.2 Å². The number of nitrogens with zero attached hydrogens (tertiary/aromatic N) is 2. The highest BCUT2D eigenvalue weighted by atomic mass is 16.5. The number of rotatable bonds is 3. The summed E-state index contributed by atoms with van der Waals surface area (Å²) in [6.45, 7) is 3.47. The molecule has 88 valence electrons. The zero-order valence-corrected chi connectivity index (χ0v) is 9.39. The van der Waals surface area contributed by atoms with Gasteiger partial charge in [-0.15, -0.1) is 5.10 Å². The van der Waals surface area contributed by atoms with Gasteiger partial charge in [-0.1, -0.05) is 0 Å². The lowest BCUT2D eigenvalue weighted by molar-refractivity contribution is 0.0695. The maximum absolute atomic E-state index is 10.8. The first-order chi connectivity index (χ1) is 8.06. The maximum Gasteiger partial charge on any atom is 0.337 e. The number of ether oxygens (including phenoxy) is 1. The molecule has 2 rings (SSSR count). The molecule has 0 bridgehead atoms. The average molecular weight is 233 g/mol. The minimum atomic E-state index is -1.00. The van der Waals surface area contributed by atoms with E-state index in [1.54, 1.807) is 13.0 Å². The van der Waals surface area contributed by atoms with Gasteiger partial charge in [-0.2, -0.15) is 0 Å². The molecule has 17 heavy (non-hydrogen) atoms. The van der Waals surface area contributed by atoms with Gasteiger partial charge in [0.25, 0.3) is 0 Å². The Morgan fingerprint density at radius 3 is 2.65 bits per heavy atom. The van der Waals surface area contributed by atoms with E-state index in [1.165, 1.54) is 12.1 Å². The van der Waals surface area contributed by atoms with Crippen LogP contribution in [0, 0.1) is 13.8 Å². The third kappa shape index (κ3) is 2.41. The van der Waals surface area contributed by atoms with E-state index >= 15 is 0 Å². The van der Waals surface area contributed by atoms with Gasteiger partial charge < -0.3 is 9.84 Å².